The first kappa shape index (κ1) is 19.9. The molecule has 0 atom stereocenters. The first-order chi connectivity index (χ1) is 13.5. The first-order valence-corrected chi connectivity index (χ1v) is 9.94. The molecule has 1 amide bonds. The lowest BCUT2D eigenvalue weighted by atomic mass is 10.1. The molecule has 0 aliphatic carbocycles. The lowest BCUT2D eigenvalue weighted by Crippen LogP contribution is -2.15. The van der Waals surface area contributed by atoms with Crippen LogP contribution < -0.4 is 10.1 Å². The average molecular weight is 394 g/mol. The number of anilines is 1. The highest BCUT2D eigenvalue weighted by Crippen LogP contribution is 2.24. The number of ether oxygens (including phenoxy) is 1. The molecule has 1 N–H and O–H groups in total. The van der Waals surface area contributed by atoms with Gasteiger partial charge in [-0.05, 0) is 68.3 Å². The maximum absolute atomic E-state index is 12.4. The summed E-state index contributed by atoms with van der Waals surface area (Å²) in [7, 11) is 1.64. The van der Waals surface area contributed by atoms with E-state index in [0.717, 1.165) is 38.8 Å². The molecule has 0 unspecified atom stereocenters. The summed E-state index contributed by atoms with van der Waals surface area (Å²) in [6, 6.07) is 15.4. The smallest absolute Gasteiger partial charge is 0.234 e. The van der Waals surface area contributed by atoms with Crippen LogP contribution in [0.4, 0.5) is 5.69 Å². The zero-order valence-electron chi connectivity index (χ0n) is 16.4. The number of nitrogens with one attached hydrogen (secondary N) is 1. The Morgan fingerprint density at radius 3 is 2.54 bits per heavy atom. The predicted molar refractivity (Wildman–Crippen MR) is 114 cm³/mol. The number of hydrogen-bond acceptors (Lipinski definition) is 5. The minimum atomic E-state index is -0.0547. The highest BCUT2D eigenvalue weighted by Gasteiger charge is 2.10. The van der Waals surface area contributed by atoms with E-state index < -0.39 is 0 Å². The molecule has 1 aromatic heterocycles. The monoisotopic (exact) mass is 393 g/mol. The molecule has 0 spiro atoms. The third kappa shape index (κ3) is 4.89. The number of carbonyl (C=O) groups is 1. The molecule has 0 saturated carbocycles. The Morgan fingerprint density at radius 2 is 1.82 bits per heavy atom. The van der Waals surface area contributed by atoms with E-state index in [9.17, 15) is 4.79 Å². The molecule has 0 aliphatic rings. The van der Waals surface area contributed by atoms with Crippen LogP contribution in [0.15, 0.2) is 53.6 Å². The number of amides is 1. The Labute approximate surface area is 169 Å². The van der Waals surface area contributed by atoms with Crippen molar-refractivity contribution in [1.29, 1.82) is 0 Å². The van der Waals surface area contributed by atoms with E-state index in [4.69, 9.17) is 4.74 Å². The molecule has 6 heteroatoms. The molecular weight excluding hydrogens is 370 g/mol. The zero-order valence-corrected chi connectivity index (χ0v) is 17.3. The molecule has 0 fully saturated rings. The van der Waals surface area contributed by atoms with Crippen LogP contribution in [0.5, 0.6) is 5.75 Å². The summed E-state index contributed by atoms with van der Waals surface area (Å²) in [5.74, 6) is 1.65. The van der Waals surface area contributed by atoms with Crippen molar-refractivity contribution >= 4 is 23.4 Å². The van der Waals surface area contributed by atoms with E-state index in [1.54, 1.807) is 7.11 Å². The Kier molecular flexibility index (Phi) is 6.31. The van der Waals surface area contributed by atoms with Gasteiger partial charge in [0.05, 0.1) is 12.9 Å². The second kappa shape index (κ2) is 8.89. The number of methoxy groups -OCH3 is 1. The molecule has 3 aromatic rings. The van der Waals surface area contributed by atoms with E-state index in [-0.39, 0.29) is 11.7 Å². The van der Waals surface area contributed by atoms with Gasteiger partial charge in [0, 0.05) is 16.9 Å². The summed E-state index contributed by atoms with van der Waals surface area (Å²) >= 11 is 1.40. The van der Waals surface area contributed by atoms with Crippen molar-refractivity contribution in [3.8, 4) is 17.1 Å². The molecular formula is C22H23N3O2S. The van der Waals surface area contributed by atoms with Gasteiger partial charge in [-0.15, -0.1) is 0 Å². The maximum Gasteiger partial charge on any atom is 0.234 e. The van der Waals surface area contributed by atoms with E-state index in [2.05, 4.69) is 15.3 Å². The van der Waals surface area contributed by atoms with Crippen molar-refractivity contribution in [2.45, 2.75) is 25.8 Å². The normalized spacial score (nSPS) is 10.6. The molecule has 28 heavy (non-hydrogen) atoms. The minimum Gasteiger partial charge on any atom is -0.497 e. The zero-order chi connectivity index (χ0) is 20.1. The Morgan fingerprint density at radius 1 is 1.07 bits per heavy atom. The number of aryl methyl sites for hydroxylation is 2. The predicted octanol–water partition coefficient (Wildman–Crippen LogP) is 4.81. The standard InChI is InChI=1S/C22H23N3O2S/c1-14-6-5-7-19(16(14)3)24-20(26)13-28-21-12-15(2)23-22(25-21)17-8-10-18(27-4)11-9-17/h5-12H,13H2,1-4H3,(H,24,26). The number of nitrogens with zero attached hydrogens (tertiary/aromatic N) is 2. The van der Waals surface area contributed by atoms with Crippen LogP contribution in [0, 0.1) is 20.8 Å². The van der Waals surface area contributed by atoms with E-state index in [0.29, 0.717) is 5.82 Å². The highest BCUT2D eigenvalue weighted by molar-refractivity contribution is 7.99. The molecule has 2 aromatic carbocycles. The second-order valence-corrected chi connectivity index (χ2v) is 7.48. The van der Waals surface area contributed by atoms with Crippen LogP contribution in [0.25, 0.3) is 11.4 Å². The van der Waals surface area contributed by atoms with Crippen LogP contribution in [-0.2, 0) is 4.79 Å². The summed E-state index contributed by atoms with van der Waals surface area (Å²) in [5.41, 5.74) is 4.86. The fourth-order valence-corrected chi connectivity index (χ4v) is 3.45. The fourth-order valence-electron chi connectivity index (χ4n) is 2.70. The van der Waals surface area contributed by atoms with Crippen LogP contribution in [-0.4, -0.2) is 28.7 Å². The molecule has 1 heterocycles. The van der Waals surface area contributed by atoms with E-state index in [1.807, 2.05) is 69.3 Å². The van der Waals surface area contributed by atoms with Crippen LogP contribution >= 0.6 is 11.8 Å². The van der Waals surface area contributed by atoms with Crippen molar-refractivity contribution < 1.29 is 9.53 Å². The van der Waals surface area contributed by atoms with Gasteiger partial charge in [-0.3, -0.25) is 4.79 Å². The molecule has 5 nitrogen and oxygen atoms in total. The summed E-state index contributed by atoms with van der Waals surface area (Å²) in [6.07, 6.45) is 0. The molecule has 144 valence electrons. The van der Waals surface area contributed by atoms with Crippen LogP contribution in [0.2, 0.25) is 0 Å². The minimum absolute atomic E-state index is 0.0547. The van der Waals surface area contributed by atoms with Crippen molar-refractivity contribution in [2.24, 2.45) is 0 Å². The fraction of sp³-hybridized carbons (Fsp3) is 0.227. The van der Waals surface area contributed by atoms with Gasteiger partial charge in [-0.25, -0.2) is 9.97 Å². The topological polar surface area (TPSA) is 64.1 Å². The lowest BCUT2D eigenvalue weighted by Gasteiger charge is -2.10. The molecule has 0 radical (unpaired) electrons. The van der Waals surface area contributed by atoms with Gasteiger partial charge in [-0.2, -0.15) is 0 Å². The summed E-state index contributed by atoms with van der Waals surface area (Å²) < 4.78 is 5.19. The van der Waals surface area contributed by atoms with E-state index >= 15 is 0 Å². The third-order valence-electron chi connectivity index (χ3n) is 4.41. The highest BCUT2D eigenvalue weighted by atomic mass is 32.2. The molecule has 0 saturated heterocycles. The Hall–Kier alpha value is -2.86. The summed E-state index contributed by atoms with van der Waals surface area (Å²) in [6.45, 7) is 5.96. The molecule has 0 bridgehead atoms. The maximum atomic E-state index is 12.4. The van der Waals surface area contributed by atoms with Crippen molar-refractivity contribution in [2.75, 3.05) is 18.2 Å². The first-order valence-electron chi connectivity index (χ1n) is 8.95. The van der Waals surface area contributed by atoms with Crippen LogP contribution in [0.1, 0.15) is 16.8 Å². The van der Waals surface area contributed by atoms with Crippen LogP contribution in [0.3, 0.4) is 0 Å². The van der Waals surface area contributed by atoms with Gasteiger partial charge in [0.15, 0.2) is 5.82 Å². The number of benzene rings is 2. The van der Waals surface area contributed by atoms with Gasteiger partial charge in [0.2, 0.25) is 5.91 Å². The lowest BCUT2D eigenvalue weighted by molar-refractivity contribution is -0.113. The van der Waals surface area contributed by atoms with Gasteiger partial charge < -0.3 is 10.1 Å². The molecule has 0 aliphatic heterocycles. The van der Waals surface area contributed by atoms with Crippen molar-refractivity contribution in [3.63, 3.8) is 0 Å². The Bertz CT molecular complexity index is 988. The number of aromatic nitrogens is 2. The van der Waals surface area contributed by atoms with Gasteiger partial charge >= 0.3 is 0 Å². The number of hydrogen-bond donors (Lipinski definition) is 1. The summed E-state index contributed by atoms with van der Waals surface area (Å²) in [5, 5.41) is 3.75. The van der Waals surface area contributed by atoms with Crippen molar-refractivity contribution in [1.82, 2.24) is 9.97 Å². The van der Waals surface area contributed by atoms with E-state index in [1.165, 1.54) is 11.8 Å². The van der Waals surface area contributed by atoms with Gasteiger partial charge in [-0.1, -0.05) is 23.9 Å². The largest absolute Gasteiger partial charge is 0.497 e. The quantitative estimate of drug-likeness (QED) is 0.481. The number of rotatable bonds is 6. The summed E-state index contributed by atoms with van der Waals surface area (Å²) in [4.78, 5) is 21.5. The van der Waals surface area contributed by atoms with Crippen molar-refractivity contribution in [3.05, 3.63) is 65.4 Å². The van der Waals surface area contributed by atoms with Gasteiger partial charge in [0.1, 0.15) is 10.8 Å². The Balaban J connectivity index is 1.69. The number of thioether (sulfide) groups is 1. The molecule has 3 rings (SSSR count). The second-order valence-electron chi connectivity index (χ2n) is 6.48. The average Bonchev–Trinajstić information content (AvgIpc) is 2.69. The van der Waals surface area contributed by atoms with Gasteiger partial charge in [0.25, 0.3) is 0 Å². The third-order valence-corrected chi connectivity index (χ3v) is 5.32. The SMILES string of the molecule is COc1ccc(-c2nc(C)cc(SCC(=O)Nc3cccc(C)c3C)n2)cc1. The number of carbonyl (C=O) groups excluding carboxylic acids is 1.